The minimum absolute atomic E-state index is 0.0792. The van der Waals surface area contributed by atoms with Gasteiger partial charge in [-0.1, -0.05) is 11.6 Å². The SMILES string of the molecule is CC(=O)c1ccc(OCC(=O)OCC(=O)Nc2ccc(F)c(Cl)c2)cc1. The van der Waals surface area contributed by atoms with Crippen LogP contribution >= 0.6 is 11.6 Å². The Bertz CT molecular complexity index is 823. The van der Waals surface area contributed by atoms with Crippen LogP contribution in [0.3, 0.4) is 0 Å². The molecule has 0 atom stereocenters. The molecule has 0 bridgehead atoms. The van der Waals surface area contributed by atoms with Gasteiger partial charge in [-0.2, -0.15) is 0 Å². The lowest BCUT2D eigenvalue weighted by Crippen LogP contribution is -2.23. The number of ketones is 1. The van der Waals surface area contributed by atoms with Crippen LogP contribution in [0.1, 0.15) is 17.3 Å². The molecule has 1 N–H and O–H groups in total. The molecule has 0 aliphatic heterocycles. The molecule has 6 nitrogen and oxygen atoms in total. The number of rotatable bonds is 7. The first-order chi connectivity index (χ1) is 12.3. The van der Waals surface area contributed by atoms with Crippen LogP contribution in [0.4, 0.5) is 10.1 Å². The quantitative estimate of drug-likeness (QED) is 0.590. The summed E-state index contributed by atoms with van der Waals surface area (Å²) < 4.78 is 23.0. The number of amides is 1. The molecule has 8 heteroatoms. The summed E-state index contributed by atoms with van der Waals surface area (Å²) in [5.41, 5.74) is 0.803. The molecule has 0 heterocycles. The summed E-state index contributed by atoms with van der Waals surface area (Å²) in [5.74, 6) is -1.65. The molecule has 1 amide bonds. The fraction of sp³-hybridized carbons (Fsp3) is 0.167. The molecule has 0 aliphatic rings. The Morgan fingerprint density at radius 2 is 1.77 bits per heavy atom. The van der Waals surface area contributed by atoms with E-state index < -0.39 is 30.9 Å². The highest BCUT2D eigenvalue weighted by Gasteiger charge is 2.10. The minimum Gasteiger partial charge on any atom is -0.482 e. The van der Waals surface area contributed by atoms with Gasteiger partial charge in [0.25, 0.3) is 5.91 Å². The van der Waals surface area contributed by atoms with Crippen LogP contribution in [0.15, 0.2) is 42.5 Å². The summed E-state index contributed by atoms with van der Waals surface area (Å²) in [4.78, 5) is 34.4. The maximum Gasteiger partial charge on any atom is 0.344 e. The first-order valence-corrected chi connectivity index (χ1v) is 7.87. The molecule has 0 fully saturated rings. The highest BCUT2D eigenvalue weighted by molar-refractivity contribution is 6.31. The average Bonchev–Trinajstić information content (AvgIpc) is 2.61. The molecule has 0 aliphatic carbocycles. The summed E-state index contributed by atoms with van der Waals surface area (Å²) in [5, 5.41) is 2.28. The van der Waals surface area contributed by atoms with Crippen LogP contribution in [-0.2, 0) is 14.3 Å². The van der Waals surface area contributed by atoms with Gasteiger partial charge in [0, 0.05) is 11.3 Å². The van der Waals surface area contributed by atoms with Crippen molar-refractivity contribution in [1.29, 1.82) is 0 Å². The van der Waals surface area contributed by atoms with Crippen molar-refractivity contribution >= 4 is 34.9 Å². The molecule has 2 aromatic carbocycles. The van der Waals surface area contributed by atoms with Gasteiger partial charge in [-0.25, -0.2) is 9.18 Å². The van der Waals surface area contributed by atoms with E-state index in [1.165, 1.54) is 19.1 Å². The van der Waals surface area contributed by atoms with Crippen molar-refractivity contribution in [1.82, 2.24) is 0 Å². The summed E-state index contributed by atoms with van der Waals surface area (Å²) in [6, 6.07) is 9.92. The van der Waals surface area contributed by atoms with Crippen LogP contribution < -0.4 is 10.1 Å². The molecule has 2 rings (SSSR count). The maximum atomic E-state index is 13.0. The van der Waals surface area contributed by atoms with Gasteiger partial charge < -0.3 is 14.8 Å². The van der Waals surface area contributed by atoms with E-state index in [1.54, 1.807) is 24.3 Å². The van der Waals surface area contributed by atoms with E-state index in [0.717, 1.165) is 6.07 Å². The molecular formula is C18H15ClFNO5. The fourth-order valence-electron chi connectivity index (χ4n) is 1.89. The van der Waals surface area contributed by atoms with Crippen molar-refractivity contribution in [3.05, 3.63) is 58.9 Å². The number of hydrogen-bond donors (Lipinski definition) is 1. The van der Waals surface area contributed by atoms with Crippen molar-refractivity contribution in [2.45, 2.75) is 6.92 Å². The van der Waals surface area contributed by atoms with Gasteiger partial charge in [0.1, 0.15) is 11.6 Å². The van der Waals surface area contributed by atoms with Crippen molar-refractivity contribution in [2.24, 2.45) is 0 Å². The van der Waals surface area contributed by atoms with Crippen molar-refractivity contribution in [3.8, 4) is 5.75 Å². The Hall–Kier alpha value is -2.93. The second-order valence-electron chi connectivity index (χ2n) is 5.21. The third kappa shape index (κ3) is 5.86. The number of halogens is 2. The van der Waals surface area contributed by atoms with Gasteiger partial charge in [0.2, 0.25) is 0 Å². The van der Waals surface area contributed by atoms with Crippen LogP contribution in [0, 0.1) is 5.82 Å². The second kappa shape index (κ2) is 8.96. The minimum atomic E-state index is -0.743. The average molecular weight is 380 g/mol. The normalized spacial score (nSPS) is 10.1. The van der Waals surface area contributed by atoms with E-state index in [1.807, 2.05) is 0 Å². The van der Waals surface area contributed by atoms with Crippen LogP contribution in [0.25, 0.3) is 0 Å². The first-order valence-electron chi connectivity index (χ1n) is 7.49. The highest BCUT2D eigenvalue weighted by atomic mass is 35.5. The standard InChI is InChI=1S/C18H15ClFNO5/c1-11(22)12-2-5-14(6-3-12)25-10-18(24)26-9-17(23)21-13-4-7-16(20)15(19)8-13/h2-8H,9-10H2,1H3,(H,21,23). The lowest BCUT2D eigenvalue weighted by Gasteiger charge is -2.08. The number of hydrogen-bond acceptors (Lipinski definition) is 5. The molecule has 136 valence electrons. The highest BCUT2D eigenvalue weighted by Crippen LogP contribution is 2.19. The summed E-state index contributed by atoms with van der Waals surface area (Å²) in [6.45, 7) is 0.522. The number of esters is 1. The number of ether oxygens (including phenoxy) is 2. The van der Waals surface area contributed by atoms with E-state index >= 15 is 0 Å². The van der Waals surface area contributed by atoms with Crippen molar-refractivity contribution < 1.29 is 28.2 Å². The third-order valence-electron chi connectivity index (χ3n) is 3.19. The largest absolute Gasteiger partial charge is 0.482 e. The first kappa shape index (κ1) is 19.4. The number of carbonyl (C=O) groups excluding carboxylic acids is 3. The van der Waals surface area contributed by atoms with Gasteiger partial charge in [0.15, 0.2) is 19.0 Å². The Labute approximate surface area is 153 Å². The maximum absolute atomic E-state index is 13.0. The van der Waals surface area contributed by atoms with Gasteiger partial charge in [-0.3, -0.25) is 9.59 Å². The molecule has 26 heavy (non-hydrogen) atoms. The second-order valence-corrected chi connectivity index (χ2v) is 5.61. The number of nitrogens with one attached hydrogen (secondary N) is 1. The monoisotopic (exact) mass is 379 g/mol. The van der Waals surface area contributed by atoms with Gasteiger partial charge in [-0.05, 0) is 49.4 Å². The predicted octanol–water partition coefficient (Wildman–Crippen LogP) is 3.24. The van der Waals surface area contributed by atoms with Gasteiger partial charge in [0.05, 0.1) is 5.02 Å². The number of benzene rings is 2. The van der Waals surface area contributed by atoms with Crippen LogP contribution in [0.2, 0.25) is 5.02 Å². The molecule has 2 aromatic rings. The number of anilines is 1. The van der Waals surface area contributed by atoms with Gasteiger partial charge in [-0.15, -0.1) is 0 Å². The Kier molecular flexibility index (Phi) is 6.68. The van der Waals surface area contributed by atoms with Crippen molar-refractivity contribution in [3.63, 3.8) is 0 Å². The van der Waals surface area contributed by atoms with E-state index in [0.29, 0.717) is 11.3 Å². The molecule has 0 saturated carbocycles. The van der Waals surface area contributed by atoms with Crippen molar-refractivity contribution in [2.75, 3.05) is 18.5 Å². The summed E-state index contributed by atoms with van der Waals surface area (Å²) in [7, 11) is 0. The topological polar surface area (TPSA) is 81.7 Å². The number of carbonyl (C=O) groups is 3. The molecule has 0 aromatic heterocycles. The Balaban J connectivity index is 1.74. The zero-order valence-corrected chi connectivity index (χ0v) is 14.5. The summed E-state index contributed by atoms with van der Waals surface area (Å²) >= 11 is 5.60. The molecule has 0 radical (unpaired) electrons. The predicted molar refractivity (Wildman–Crippen MR) is 92.9 cm³/mol. The Morgan fingerprint density at radius 3 is 2.38 bits per heavy atom. The fourth-order valence-corrected chi connectivity index (χ4v) is 2.07. The Morgan fingerprint density at radius 1 is 1.08 bits per heavy atom. The van der Waals surface area contributed by atoms with Crippen LogP contribution in [0.5, 0.6) is 5.75 Å². The molecule has 0 saturated heterocycles. The molecule has 0 spiro atoms. The summed E-state index contributed by atoms with van der Waals surface area (Å²) in [6.07, 6.45) is 0. The van der Waals surface area contributed by atoms with Crippen LogP contribution in [-0.4, -0.2) is 30.9 Å². The van der Waals surface area contributed by atoms with E-state index in [2.05, 4.69) is 5.32 Å². The van der Waals surface area contributed by atoms with E-state index in [-0.39, 0.29) is 16.5 Å². The smallest absolute Gasteiger partial charge is 0.344 e. The van der Waals surface area contributed by atoms with Gasteiger partial charge >= 0.3 is 5.97 Å². The lowest BCUT2D eigenvalue weighted by atomic mass is 10.1. The zero-order valence-electron chi connectivity index (χ0n) is 13.8. The lowest BCUT2D eigenvalue weighted by molar-refractivity contribution is -0.149. The number of Topliss-reactive ketones (excluding diaryl/α,β-unsaturated/α-hetero) is 1. The van der Waals surface area contributed by atoms with E-state index in [4.69, 9.17) is 21.1 Å². The van der Waals surface area contributed by atoms with E-state index in [9.17, 15) is 18.8 Å². The molecule has 0 unspecified atom stereocenters. The zero-order chi connectivity index (χ0) is 19.1. The third-order valence-corrected chi connectivity index (χ3v) is 3.47. The molecular weight excluding hydrogens is 365 g/mol.